The number of aliphatic hydroxyl groups excluding tert-OH is 1. The van der Waals surface area contributed by atoms with Crippen molar-refractivity contribution in [2.24, 2.45) is 5.92 Å². The first-order valence-electron chi connectivity index (χ1n) is 7.27. The Morgan fingerprint density at radius 2 is 2.25 bits per heavy atom. The van der Waals surface area contributed by atoms with Crippen LogP contribution in [0, 0.1) is 5.92 Å². The molecule has 0 saturated carbocycles. The molecule has 0 spiro atoms. The molecule has 0 radical (unpaired) electrons. The van der Waals surface area contributed by atoms with Crippen LogP contribution in [-0.4, -0.2) is 24.3 Å². The van der Waals surface area contributed by atoms with Gasteiger partial charge in [-0.2, -0.15) is 0 Å². The van der Waals surface area contributed by atoms with Gasteiger partial charge in [0.15, 0.2) is 0 Å². The zero-order valence-corrected chi connectivity index (χ0v) is 12.1. The molecule has 0 aliphatic carbocycles. The van der Waals surface area contributed by atoms with Crippen LogP contribution in [0.15, 0.2) is 18.2 Å². The maximum atomic E-state index is 12.0. The van der Waals surface area contributed by atoms with Crippen LogP contribution >= 0.6 is 0 Å². The molecule has 1 aliphatic rings. The number of carbonyl (C=O) groups is 1. The zero-order valence-electron chi connectivity index (χ0n) is 12.1. The number of hydrogen-bond donors (Lipinski definition) is 1. The van der Waals surface area contributed by atoms with Crippen molar-refractivity contribution in [3.05, 3.63) is 29.3 Å². The maximum absolute atomic E-state index is 12.0. The van der Waals surface area contributed by atoms with Crippen molar-refractivity contribution in [2.45, 2.75) is 39.2 Å². The third kappa shape index (κ3) is 3.12. The number of ether oxygens (including phenoxy) is 2. The molecule has 0 amide bonds. The molecule has 0 bridgehead atoms. The van der Waals surface area contributed by atoms with Crippen molar-refractivity contribution < 1.29 is 19.4 Å². The highest BCUT2D eigenvalue weighted by Gasteiger charge is 2.29. The number of esters is 1. The number of benzene rings is 1. The summed E-state index contributed by atoms with van der Waals surface area (Å²) in [4.78, 5) is 12.0. The van der Waals surface area contributed by atoms with Crippen LogP contribution in [0.3, 0.4) is 0 Å². The molecule has 1 N–H and O–H groups in total. The molecule has 4 nitrogen and oxygen atoms in total. The largest absolute Gasteiger partial charge is 0.493 e. The number of hydrogen-bond acceptors (Lipinski definition) is 4. The van der Waals surface area contributed by atoms with Crippen molar-refractivity contribution in [3.63, 3.8) is 0 Å². The van der Waals surface area contributed by atoms with Gasteiger partial charge in [-0.3, -0.25) is 4.79 Å². The van der Waals surface area contributed by atoms with Crippen LogP contribution in [-0.2, 0) is 16.0 Å². The molecule has 1 aromatic rings. The summed E-state index contributed by atoms with van der Waals surface area (Å²) in [5.41, 5.74) is 1.86. The second-order valence-corrected chi connectivity index (χ2v) is 5.06. The number of carbonyl (C=O) groups excluding carboxylic acids is 1. The van der Waals surface area contributed by atoms with Crippen molar-refractivity contribution in [1.82, 2.24) is 0 Å². The lowest BCUT2D eigenvalue weighted by Gasteiger charge is -2.21. The molecule has 1 aliphatic heterocycles. The fraction of sp³-hybridized carbons (Fsp3) is 0.562. The van der Waals surface area contributed by atoms with Gasteiger partial charge < -0.3 is 14.6 Å². The predicted octanol–water partition coefficient (Wildman–Crippen LogP) is 2.63. The Bertz CT molecular complexity index is 470. The highest BCUT2D eigenvalue weighted by atomic mass is 16.5. The maximum Gasteiger partial charge on any atom is 0.311 e. The summed E-state index contributed by atoms with van der Waals surface area (Å²) in [6.45, 7) is 4.80. The molecule has 0 saturated heterocycles. The van der Waals surface area contributed by atoms with E-state index in [2.05, 4.69) is 0 Å². The van der Waals surface area contributed by atoms with Crippen LogP contribution in [0.4, 0.5) is 0 Å². The van der Waals surface area contributed by atoms with Crippen LogP contribution in [0.2, 0.25) is 0 Å². The van der Waals surface area contributed by atoms with E-state index < -0.39 is 12.0 Å². The molecule has 1 heterocycles. The van der Waals surface area contributed by atoms with E-state index in [4.69, 9.17) is 9.47 Å². The fourth-order valence-corrected chi connectivity index (χ4v) is 2.59. The van der Waals surface area contributed by atoms with E-state index >= 15 is 0 Å². The first-order valence-corrected chi connectivity index (χ1v) is 7.27. The molecule has 2 rings (SSSR count). The molecule has 2 unspecified atom stereocenters. The van der Waals surface area contributed by atoms with E-state index in [1.807, 2.05) is 25.1 Å². The van der Waals surface area contributed by atoms with Crippen LogP contribution in [0.25, 0.3) is 0 Å². The lowest BCUT2D eigenvalue weighted by atomic mass is 9.91. The molecule has 20 heavy (non-hydrogen) atoms. The summed E-state index contributed by atoms with van der Waals surface area (Å²) in [5.74, 6) is 0.0584. The van der Waals surface area contributed by atoms with Gasteiger partial charge in [0.2, 0.25) is 0 Å². The van der Waals surface area contributed by atoms with Gasteiger partial charge in [-0.15, -0.1) is 0 Å². The second kappa shape index (κ2) is 6.75. The third-order valence-electron chi connectivity index (χ3n) is 3.63. The number of fused-ring (bicyclic) bond motifs is 1. The van der Waals surface area contributed by atoms with E-state index in [1.54, 1.807) is 6.92 Å². The monoisotopic (exact) mass is 278 g/mol. The first kappa shape index (κ1) is 14.9. The van der Waals surface area contributed by atoms with E-state index in [0.29, 0.717) is 19.6 Å². The highest BCUT2D eigenvalue weighted by molar-refractivity contribution is 5.73. The average Bonchev–Trinajstić information content (AvgIpc) is 2.91. The Balaban J connectivity index is 2.18. The van der Waals surface area contributed by atoms with Gasteiger partial charge in [-0.25, -0.2) is 0 Å². The SMILES string of the molecule is CCCC(C(=O)OCC)C(O)c1ccc2c(c1)CCO2. The normalized spacial score (nSPS) is 16.1. The highest BCUT2D eigenvalue weighted by Crippen LogP contribution is 2.32. The van der Waals surface area contributed by atoms with E-state index in [1.165, 1.54) is 0 Å². The number of rotatable bonds is 6. The Morgan fingerprint density at radius 3 is 2.95 bits per heavy atom. The summed E-state index contributed by atoms with van der Waals surface area (Å²) < 4.78 is 10.5. The van der Waals surface area contributed by atoms with Crippen molar-refractivity contribution in [3.8, 4) is 5.75 Å². The topological polar surface area (TPSA) is 55.8 Å². The summed E-state index contributed by atoms with van der Waals surface area (Å²) in [6, 6.07) is 5.64. The fourth-order valence-electron chi connectivity index (χ4n) is 2.59. The number of aliphatic hydroxyl groups is 1. The molecular formula is C16H22O4. The molecule has 0 aromatic heterocycles. The lowest BCUT2D eigenvalue weighted by Crippen LogP contribution is -2.24. The van der Waals surface area contributed by atoms with Gasteiger partial charge in [0.25, 0.3) is 0 Å². The summed E-state index contributed by atoms with van der Waals surface area (Å²) >= 11 is 0. The standard InChI is InChI=1S/C16H22O4/c1-3-5-13(16(18)19-4-2)15(17)12-6-7-14-11(10-12)8-9-20-14/h6-7,10,13,15,17H,3-5,8-9H2,1-2H3. The minimum absolute atomic E-state index is 0.321. The second-order valence-electron chi connectivity index (χ2n) is 5.06. The van der Waals surface area contributed by atoms with Gasteiger partial charge in [-0.05, 0) is 36.6 Å². The molecule has 4 heteroatoms. The summed E-state index contributed by atoms with van der Waals surface area (Å²) in [6.07, 6.45) is 1.48. The van der Waals surface area contributed by atoms with Crippen LogP contribution in [0.5, 0.6) is 5.75 Å². The lowest BCUT2D eigenvalue weighted by molar-refractivity contribution is -0.152. The van der Waals surface area contributed by atoms with Gasteiger partial charge in [-0.1, -0.05) is 19.4 Å². The summed E-state index contributed by atoms with van der Waals surface area (Å²) in [7, 11) is 0. The third-order valence-corrected chi connectivity index (χ3v) is 3.63. The predicted molar refractivity (Wildman–Crippen MR) is 75.6 cm³/mol. The van der Waals surface area contributed by atoms with Crippen molar-refractivity contribution in [1.29, 1.82) is 0 Å². The smallest absolute Gasteiger partial charge is 0.311 e. The van der Waals surface area contributed by atoms with Gasteiger partial charge in [0.1, 0.15) is 5.75 Å². The Labute approximate surface area is 119 Å². The zero-order chi connectivity index (χ0) is 14.5. The van der Waals surface area contributed by atoms with Gasteiger partial charge >= 0.3 is 5.97 Å². The molecule has 2 atom stereocenters. The average molecular weight is 278 g/mol. The van der Waals surface area contributed by atoms with Crippen molar-refractivity contribution in [2.75, 3.05) is 13.2 Å². The quantitative estimate of drug-likeness (QED) is 0.813. The Morgan fingerprint density at radius 1 is 1.45 bits per heavy atom. The van der Waals surface area contributed by atoms with Crippen LogP contribution in [0.1, 0.15) is 43.9 Å². The Kier molecular flexibility index (Phi) is 5.01. The van der Waals surface area contributed by atoms with Gasteiger partial charge in [0, 0.05) is 6.42 Å². The minimum atomic E-state index is -0.820. The van der Waals surface area contributed by atoms with E-state index in [-0.39, 0.29) is 5.97 Å². The summed E-state index contributed by atoms with van der Waals surface area (Å²) in [5, 5.41) is 10.5. The van der Waals surface area contributed by atoms with E-state index in [9.17, 15) is 9.90 Å². The minimum Gasteiger partial charge on any atom is -0.493 e. The Hall–Kier alpha value is -1.55. The molecule has 110 valence electrons. The molecular weight excluding hydrogens is 256 g/mol. The molecule has 1 aromatic carbocycles. The van der Waals surface area contributed by atoms with Crippen LogP contribution < -0.4 is 4.74 Å². The first-order chi connectivity index (χ1) is 9.67. The van der Waals surface area contributed by atoms with Gasteiger partial charge in [0.05, 0.1) is 25.2 Å². The molecule has 0 fully saturated rings. The van der Waals surface area contributed by atoms with E-state index in [0.717, 1.165) is 29.7 Å². The van der Waals surface area contributed by atoms with Crippen molar-refractivity contribution >= 4 is 5.97 Å².